The smallest absolute Gasteiger partial charge is 0.222 e. The number of hydrogen-bond acceptors (Lipinski definition) is 4. The minimum absolute atomic E-state index is 0.200. The van der Waals surface area contributed by atoms with Crippen molar-refractivity contribution in [2.45, 2.75) is 26.3 Å². The van der Waals surface area contributed by atoms with Gasteiger partial charge in [0.2, 0.25) is 5.12 Å². The van der Waals surface area contributed by atoms with E-state index in [1.54, 1.807) is 11.8 Å². The fraction of sp³-hybridized carbons (Fsp3) is 0.778. The average molecular weight is 217 g/mol. The molecule has 1 aliphatic heterocycles. The maximum Gasteiger partial charge on any atom is 0.222 e. The molecule has 13 heavy (non-hydrogen) atoms. The first-order valence-electron chi connectivity index (χ1n) is 4.30. The molecule has 0 saturated heterocycles. The van der Waals surface area contributed by atoms with E-state index in [2.05, 4.69) is 18.8 Å². The van der Waals surface area contributed by atoms with Gasteiger partial charge in [0.1, 0.15) is 5.54 Å². The summed E-state index contributed by atoms with van der Waals surface area (Å²) in [5.41, 5.74) is -0.469. The monoisotopic (exact) mass is 217 g/mol. The summed E-state index contributed by atoms with van der Waals surface area (Å²) in [4.78, 5) is 16.1. The van der Waals surface area contributed by atoms with Gasteiger partial charge in [0.25, 0.3) is 0 Å². The van der Waals surface area contributed by atoms with Crippen LogP contribution in [0.1, 0.15) is 20.8 Å². The lowest BCUT2D eigenvalue weighted by molar-refractivity contribution is -0.113. The molecule has 1 atom stereocenters. The summed E-state index contributed by atoms with van der Waals surface area (Å²) in [6.45, 7) is 6.07. The lowest BCUT2D eigenvalue weighted by atomic mass is 10.1. The topological polar surface area (TPSA) is 29.4 Å². The van der Waals surface area contributed by atoms with Crippen LogP contribution in [0.25, 0.3) is 0 Å². The van der Waals surface area contributed by atoms with Crippen molar-refractivity contribution in [3.05, 3.63) is 0 Å². The number of aliphatic imine (C=N–C) groups is 1. The van der Waals surface area contributed by atoms with Gasteiger partial charge in [-0.1, -0.05) is 13.8 Å². The molecule has 74 valence electrons. The lowest BCUT2D eigenvalue weighted by Crippen LogP contribution is -2.30. The summed E-state index contributed by atoms with van der Waals surface area (Å²) in [5, 5.41) is 1.19. The third-order valence-corrected chi connectivity index (χ3v) is 4.16. The first-order chi connectivity index (χ1) is 5.99. The van der Waals surface area contributed by atoms with Gasteiger partial charge >= 0.3 is 0 Å². The predicted octanol–water partition coefficient (Wildman–Crippen LogP) is 2.44. The molecule has 1 rings (SSSR count). The Kier molecular flexibility index (Phi) is 3.46. The molecule has 0 amide bonds. The maximum atomic E-state index is 11.6. The lowest BCUT2D eigenvalue weighted by Gasteiger charge is -2.15. The Morgan fingerprint density at radius 3 is 2.62 bits per heavy atom. The van der Waals surface area contributed by atoms with E-state index in [1.165, 1.54) is 11.8 Å². The minimum atomic E-state index is -0.469. The Morgan fingerprint density at radius 1 is 1.62 bits per heavy atom. The van der Waals surface area contributed by atoms with E-state index in [4.69, 9.17) is 0 Å². The fourth-order valence-electron chi connectivity index (χ4n) is 1.14. The quantitative estimate of drug-likeness (QED) is 0.727. The molecular formula is C9H15NOS2. The number of hydrogen-bond donors (Lipinski definition) is 0. The van der Waals surface area contributed by atoms with Crippen molar-refractivity contribution in [3.63, 3.8) is 0 Å². The van der Waals surface area contributed by atoms with Gasteiger partial charge in [-0.15, -0.1) is 0 Å². The van der Waals surface area contributed by atoms with Gasteiger partial charge in [-0.3, -0.25) is 9.79 Å². The molecule has 0 saturated carbocycles. The normalized spacial score (nSPS) is 28.4. The third kappa shape index (κ3) is 2.29. The summed E-state index contributed by atoms with van der Waals surface area (Å²) in [6.07, 6.45) is 2.01. The van der Waals surface area contributed by atoms with Crippen LogP contribution in [0, 0.1) is 5.92 Å². The molecule has 1 heterocycles. The zero-order valence-corrected chi connectivity index (χ0v) is 10.1. The van der Waals surface area contributed by atoms with Crippen molar-refractivity contribution in [1.82, 2.24) is 0 Å². The highest BCUT2D eigenvalue weighted by atomic mass is 32.2. The van der Waals surface area contributed by atoms with Crippen LogP contribution in [-0.2, 0) is 4.79 Å². The number of thioether (sulfide) groups is 2. The van der Waals surface area contributed by atoms with Crippen molar-refractivity contribution >= 4 is 33.7 Å². The van der Waals surface area contributed by atoms with Crippen molar-refractivity contribution in [3.8, 4) is 0 Å². The van der Waals surface area contributed by atoms with Gasteiger partial charge in [-0.2, -0.15) is 11.8 Å². The molecule has 0 bridgehead atoms. The van der Waals surface area contributed by atoms with Gasteiger partial charge in [-0.25, -0.2) is 0 Å². The second-order valence-corrected chi connectivity index (χ2v) is 5.56. The van der Waals surface area contributed by atoms with Crippen LogP contribution in [0.2, 0.25) is 0 Å². The standard InChI is InChI=1S/C9H15NOS2/c1-6(2)7-10-9(3,5-12-4)8(11)13-7/h6H,5H2,1-4H3/t9-/m0/s1. The molecule has 0 N–H and O–H groups in total. The molecule has 0 aliphatic carbocycles. The van der Waals surface area contributed by atoms with E-state index in [1.807, 2.05) is 13.2 Å². The minimum Gasteiger partial charge on any atom is -0.284 e. The molecule has 0 aromatic carbocycles. The molecule has 1 aliphatic rings. The summed E-state index contributed by atoms with van der Waals surface area (Å²) in [6, 6.07) is 0. The Hall–Kier alpha value is 0.0400. The maximum absolute atomic E-state index is 11.6. The van der Waals surface area contributed by atoms with E-state index in [-0.39, 0.29) is 5.12 Å². The zero-order valence-electron chi connectivity index (χ0n) is 8.46. The van der Waals surface area contributed by atoms with Crippen LogP contribution in [0.5, 0.6) is 0 Å². The van der Waals surface area contributed by atoms with Gasteiger partial charge in [0.15, 0.2) is 0 Å². The van der Waals surface area contributed by atoms with Crippen molar-refractivity contribution in [1.29, 1.82) is 0 Å². The Labute approximate surface area is 88.0 Å². The van der Waals surface area contributed by atoms with Gasteiger partial charge in [0, 0.05) is 11.7 Å². The number of rotatable bonds is 3. The van der Waals surface area contributed by atoms with E-state index < -0.39 is 5.54 Å². The molecule has 0 radical (unpaired) electrons. The molecule has 0 spiro atoms. The number of nitrogens with zero attached hydrogens (tertiary/aromatic N) is 1. The van der Waals surface area contributed by atoms with Gasteiger partial charge in [-0.05, 0) is 24.9 Å². The SMILES string of the molecule is CSC[C@]1(C)N=C(C(C)C)SC1=O. The first kappa shape index (κ1) is 11.1. The molecule has 0 fully saturated rings. The van der Waals surface area contributed by atoms with Crippen LogP contribution < -0.4 is 0 Å². The molecule has 0 aromatic rings. The number of carbonyl (C=O) groups excluding carboxylic acids is 1. The molecule has 2 nitrogen and oxygen atoms in total. The largest absolute Gasteiger partial charge is 0.284 e. The van der Waals surface area contributed by atoms with Gasteiger partial charge in [0.05, 0.1) is 5.04 Å². The number of carbonyl (C=O) groups is 1. The Balaban J connectivity index is 2.82. The summed E-state index contributed by atoms with van der Waals surface area (Å²) in [5.74, 6) is 1.16. The molecule has 0 unspecified atom stereocenters. The predicted molar refractivity (Wildman–Crippen MR) is 61.7 cm³/mol. The van der Waals surface area contributed by atoms with E-state index in [0.717, 1.165) is 10.8 Å². The second kappa shape index (κ2) is 4.05. The molecular weight excluding hydrogens is 202 g/mol. The Bertz CT molecular complexity index is 250. The first-order valence-corrected chi connectivity index (χ1v) is 6.51. The average Bonchev–Trinajstić information content (AvgIpc) is 2.29. The highest BCUT2D eigenvalue weighted by Gasteiger charge is 2.39. The van der Waals surface area contributed by atoms with Crippen LogP contribution in [0.3, 0.4) is 0 Å². The van der Waals surface area contributed by atoms with Crippen LogP contribution in [0.15, 0.2) is 4.99 Å². The summed E-state index contributed by atoms with van der Waals surface area (Å²) < 4.78 is 0. The second-order valence-electron chi connectivity index (χ2n) is 3.70. The molecule has 4 heteroatoms. The van der Waals surface area contributed by atoms with Crippen molar-refractivity contribution in [2.75, 3.05) is 12.0 Å². The van der Waals surface area contributed by atoms with Gasteiger partial charge < -0.3 is 0 Å². The van der Waals surface area contributed by atoms with Crippen LogP contribution in [-0.4, -0.2) is 27.7 Å². The highest BCUT2D eigenvalue weighted by molar-refractivity contribution is 8.27. The van der Waals surface area contributed by atoms with Crippen LogP contribution >= 0.6 is 23.5 Å². The third-order valence-electron chi connectivity index (χ3n) is 1.91. The van der Waals surface area contributed by atoms with Crippen molar-refractivity contribution < 1.29 is 4.79 Å². The molecule has 0 aromatic heterocycles. The van der Waals surface area contributed by atoms with Crippen molar-refractivity contribution in [2.24, 2.45) is 10.9 Å². The van der Waals surface area contributed by atoms with Crippen LogP contribution in [0.4, 0.5) is 0 Å². The van der Waals surface area contributed by atoms with E-state index in [9.17, 15) is 4.79 Å². The van der Waals surface area contributed by atoms with E-state index in [0.29, 0.717) is 5.92 Å². The zero-order chi connectivity index (χ0) is 10.1. The fourth-order valence-corrected chi connectivity index (χ4v) is 3.00. The Morgan fingerprint density at radius 2 is 2.23 bits per heavy atom. The summed E-state index contributed by atoms with van der Waals surface area (Å²) >= 11 is 2.99. The summed E-state index contributed by atoms with van der Waals surface area (Å²) in [7, 11) is 0. The highest BCUT2D eigenvalue weighted by Crippen LogP contribution is 2.34. The van der Waals surface area contributed by atoms with E-state index >= 15 is 0 Å².